The zero-order valence-electron chi connectivity index (χ0n) is 15.4. The van der Waals surface area contributed by atoms with Crippen LogP contribution in [0, 0.1) is 13.8 Å². The number of aliphatic carboxylic acids is 1. The summed E-state index contributed by atoms with van der Waals surface area (Å²) in [7, 11) is 0. The maximum absolute atomic E-state index is 12.6. The highest BCUT2D eigenvalue weighted by Gasteiger charge is 2.19. The molecule has 5 nitrogen and oxygen atoms in total. The van der Waals surface area contributed by atoms with Crippen molar-refractivity contribution < 1.29 is 19.4 Å². The Bertz CT molecular complexity index is 768. The SMILES string of the molecule is CCCOc1ccc(C(CC(=O)O)NC(=O)c2ccc(C)c(C)c2)cc1. The Hall–Kier alpha value is -2.82. The predicted octanol–water partition coefficient (Wildman–Crippen LogP) is 4.04. The van der Waals surface area contributed by atoms with Crippen molar-refractivity contribution in [3.8, 4) is 5.75 Å². The van der Waals surface area contributed by atoms with Gasteiger partial charge in [-0.15, -0.1) is 0 Å². The van der Waals surface area contributed by atoms with E-state index >= 15 is 0 Å². The van der Waals surface area contributed by atoms with Crippen LogP contribution in [-0.4, -0.2) is 23.6 Å². The minimum Gasteiger partial charge on any atom is -0.494 e. The first kappa shape index (κ1) is 19.5. The summed E-state index contributed by atoms with van der Waals surface area (Å²) in [6.45, 7) is 6.57. The number of benzene rings is 2. The summed E-state index contributed by atoms with van der Waals surface area (Å²) in [5, 5.41) is 12.0. The first-order valence-corrected chi connectivity index (χ1v) is 8.73. The van der Waals surface area contributed by atoms with E-state index in [1.54, 1.807) is 30.3 Å². The fraction of sp³-hybridized carbons (Fsp3) is 0.333. The van der Waals surface area contributed by atoms with Gasteiger partial charge in [0.05, 0.1) is 19.1 Å². The summed E-state index contributed by atoms with van der Waals surface area (Å²) >= 11 is 0. The van der Waals surface area contributed by atoms with Crippen molar-refractivity contribution in [3.05, 3.63) is 64.7 Å². The van der Waals surface area contributed by atoms with Crippen LogP contribution in [0.4, 0.5) is 0 Å². The highest BCUT2D eigenvalue weighted by Crippen LogP contribution is 2.22. The molecule has 2 aromatic rings. The molecule has 0 aliphatic heterocycles. The van der Waals surface area contributed by atoms with E-state index in [1.807, 2.05) is 32.9 Å². The summed E-state index contributed by atoms with van der Waals surface area (Å²) in [6, 6.07) is 12.0. The lowest BCUT2D eigenvalue weighted by Crippen LogP contribution is -2.30. The van der Waals surface area contributed by atoms with Crippen molar-refractivity contribution in [2.45, 2.75) is 39.7 Å². The molecule has 1 amide bonds. The summed E-state index contributed by atoms with van der Waals surface area (Å²) in [6.07, 6.45) is 0.723. The maximum atomic E-state index is 12.6. The Morgan fingerprint density at radius 1 is 1.08 bits per heavy atom. The molecule has 1 atom stereocenters. The van der Waals surface area contributed by atoms with E-state index in [-0.39, 0.29) is 12.3 Å². The zero-order valence-corrected chi connectivity index (χ0v) is 15.4. The number of carboxylic acid groups (broad SMARTS) is 1. The molecule has 0 aliphatic carbocycles. The molecule has 5 heteroatoms. The fourth-order valence-corrected chi connectivity index (χ4v) is 2.57. The van der Waals surface area contributed by atoms with Gasteiger partial charge in [0.25, 0.3) is 5.91 Å². The van der Waals surface area contributed by atoms with Crippen LogP contribution in [0.5, 0.6) is 5.75 Å². The van der Waals surface area contributed by atoms with Gasteiger partial charge in [-0.2, -0.15) is 0 Å². The average molecular weight is 355 g/mol. The van der Waals surface area contributed by atoms with Crippen LogP contribution in [0.25, 0.3) is 0 Å². The van der Waals surface area contributed by atoms with Gasteiger partial charge < -0.3 is 15.2 Å². The van der Waals surface area contributed by atoms with Crippen LogP contribution in [-0.2, 0) is 4.79 Å². The quantitative estimate of drug-likeness (QED) is 0.749. The van der Waals surface area contributed by atoms with Crippen LogP contribution in [0.1, 0.15) is 52.9 Å². The Labute approximate surface area is 154 Å². The van der Waals surface area contributed by atoms with E-state index in [2.05, 4.69) is 5.32 Å². The van der Waals surface area contributed by atoms with Gasteiger partial charge in [-0.1, -0.05) is 25.1 Å². The molecule has 0 fully saturated rings. The van der Waals surface area contributed by atoms with E-state index in [0.29, 0.717) is 12.2 Å². The first-order chi connectivity index (χ1) is 12.4. The standard InChI is InChI=1S/C21H25NO4/c1-4-11-26-18-9-7-16(8-10-18)19(13-20(23)24)22-21(25)17-6-5-14(2)15(3)12-17/h5-10,12,19H,4,11,13H2,1-3H3,(H,22,25)(H,23,24). The molecule has 0 aliphatic rings. The monoisotopic (exact) mass is 355 g/mol. The van der Waals surface area contributed by atoms with Crippen molar-refractivity contribution in [1.29, 1.82) is 0 Å². The molecule has 1 unspecified atom stereocenters. The molecule has 26 heavy (non-hydrogen) atoms. The van der Waals surface area contributed by atoms with Gasteiger partial charge in [0.1, 0.15) is 5.75 Å². The number of ether oxygens (including phenoxy) is 1. The minimum absolute atomic E-state index is 0.189. The third-order valence-corrected chi connectivity index (χ3v) is 4.21. The van der Waals surface area contributed by atoms with Gasteiger partial charge in [0, 0.05) is 5.56 Å². The van der Waals surface area contributed by atoms with Crippen LogP contribution < -0.4 is 10.1 Å². The predicted molar refractivity (Wildman–Crippen MR) is 101 cm³/mol. The normalized spacial score (nSPS) is 11.7. The lowest BCUT2D eigenvalue weighted by Gasteiger charge is -2.18. The Balaban J connectivity index is 2.17. The topological polar surface area (TPSA) is 75.6 Å². The molecule has 0 saturated carbocycles. The second-order valence-corrected chi connectivity index (χ2v) is 6.34. The van der Waals surface area contributed by atoms with Gasteiger partial charge in [0.15, 0.2) is 0 Å². The summed E-state index contributed by atoms with van der Waals surface area (Å²) in [5.74, 6) is -0.530. The van der Waals surface area contributed by atoms with Crippen molar-refractivity contribution in [2.24, 2.45) is 0 Å². The highest BCUT2D eigenvalue weighted by molar-refractivity contribution is 5.95. The van der Waals surface area contributed by atoms with E-state index < -0.39 is 12.0 Å². The molecule has 2 aromatic carbocycles. The highest BCUT2D eigenvalue weighted by atomic mass is 16.5. The number of rotatable bonds is 8. The molecule has 0 saturated heterocycles. The number of hydrogen-bond donors (Lipinski definition) is 2. The molecule has 2 rings (SSSR count). The van der Waals surface area contributed by atoms with Crippen molar-refractivity contribution in [2.75, 3.05) is 6.61 Å². The number of nitrogens with one attached hydrogen (secondary N) is 1. The second-order valence-electron chi connectivity index (χ2n) is 6.34. The van der Waals surface area contributed by atoms with Crippen molar-refractivity contribution >= 4 is 11.9 Å². The number of hydrogen-bond acceptors (Lipinski definition) is 3. The lowest BCUT2D eigenvalue weighted by molar-refractivity contribution is -0.137. The number of carbonyl (C=O) groups excluding carboxylic acids is 1. The molecule has 2 N–H and O–H groups in total. The maximum Gasteiger partial charge on any atom is 0.305 e. The zero-order chi connectivity index (χ0) is 19.1. The Kier molecular flexibility index (Phi) is 6.78. The van der Waals surface area contributed by atoms with Gasteiger partial charge in [0.2, 0.25) is 0 Å². The Morgan fingerprint density at radius 3 is 2.35 bits per heavy atom. The van der Waals surface area contributed by atoms with Crippen LogP contribution in [0.15, 0.2) is 42.5 Å². The average Bonchev–Trinajstić information content (AvgIpc) is 2.61. The first-order valence-electron chi connectivity index (χ1n) is 8.73. The van der Waals surface area contributed by atoms with E-state index in [9.17, 15) is 14.7 Å². The van der Waals surface area contributed by atoms with Gasteiger partial charge in [-0.05, 0) is 61.2 Å². The summed E-state index contributed by atoms with van der Waals surface area (Å²) < 4.78 is 5.54. The number of amides is 1. The largest absolute Gasteiger partial charge is 0.494 e. The summed E-state index contributed by atoms with van der Waals surface area (Å²) in [4.78, 5) is 23.8. The third kappa shape index (κ3) is 5.34. The molecule has 0 spiro atoms. The molecule has 0 aromatic heterocycles. The third-order valence-electron chi connectivity index (χ3n) is 4.21. The van der Waals surface area contributed by atoms with Gasteiger partial charge in [-0.25, -0.2) is 0 Å². The number of carboxylic acids is 1. The van der Waals surface area contributed by atoms with E-state index in [1.165, 1.54) is 0 Å². The molecule has 138 valence electrons. The van der Waals surface area contributed by atoms with E-state index in [0.717, 1.165) is 28.9 Å². The smallest absolute Gasteiger partial charge is 0.305 e. The number of carbonyl (C=O) groups is 2. The molecule has 0 radical (unpaired) electrons. The van der Waals surface area contributed by atoms with Crippen LogP contribution in [0.2, 0.25) is 0 Å². The van der Waals surface area contributed by atoms with Gasteiger partial charge >= 0.3 is 5.97 Å². The molecule has 0 bridgehead atoms. The second kappa shape index (κ2) is 9.04. The fourth-order valence-electron chi connectivity index (χ4n) is 2.57. The molecule has 0 heterocycles. The van der Waals surface area contributed by atoms with Gasteiger partial charge in [-0.3, -0.25) is 9.59 Å². The summed E-state index contributed by atoms with van der Waals surface area (Å²) in [5.41, 5.74) is 3.37. The van der Waals surface area contributed by atoms with Crippen LogP contribution in [0.3, 0.4) is 0 Å². The Morgan fingerprint density at radius 2 is 1.77 bits per heavy atom. The minimum atomic E-state index is -0.971. The van der Waals surface area contributed by atoms with Crippen molar-refractivity contribution in [1.82, 2.24) is 5.32 Å². The van der Waals surface area contributed by atoms with E-state index in [4.69, 9.17) is 4.74 Å². The molecular weight excluding hydrogens is 330 g/mol. The molecular formula is C21H25NO4. The van der Waals surface area contributed by atoms with Crippen LogP contribution >= 0.6 is 0 Å². The van der Waals surface area contributed by atoms with Crippen molar-refractivity contribution in [3.63, 3.8) is 0 Å². The lowest BCUT2D eigenvalue weighted by atomic mass is 10.0. The number of aryl methyl sites for hydroxylation is 2.